The van der Waals surface area contributed by atoms with Crippen LogP contribution in [-0.4, -0.2) is 18.4 Å². The molecule has 0 aliphatic rings. The van der Waals surface area contributed by atoms with E-state index in [1.54, 1.807) is 0 Å². The summed E-state index contributed by atoms with van der Waals surface area (Å²) in [5, 5.41) is 11.0. The van der Waals surface area contributed by atoms with E-state index in [1.165, 1.54) is 7.11 Å². The molecule has 0 aromatic heterocycles. The van der Waals surface area contributed by atoms with Gasteiger partial charge >= 0.3 is 0 Å². The topological polar surface area (TPSA) is 35.5 Å². The monoisotopic (exact) mass is 118 g/mol. The van der Waals surface area contributed by atoms with Gasteiger partial charge in [-0.05, 0) is 13.3 Å². The van der Waals surface area contributed by atoms with Crippen molar-refractivity contribution < 1.29 is 4.84 Å². The molecule has 0 radical (unpaired) electrons. The van der Waals surface area contributed by atoms with Crippen molar-refractivity contribution in [3.8, 4) is 0 Å². The predicted molar refractivity (Wildman–Crippen MR) is 32.0 cm³/mol. The summed E-state index contributed by atoms with van der Waals surface area (Å²) in [6.45, 7) is 3.76. The highest BCUT2D eigenvalue weighted by Crippen LogP contribution is 1.98. The minimum absolute atomic E-state index is 0.0278. The van der Waals surface area contributed by atoms with E-state index < -0.39 is 0 Å². The Morgan fingerprint density at radius 1 is 1.75 bits per heavy atom. The fraction of sp³-hybridized carbons (Fsp3) is 1.00. The van der Waals surface area contributed by atoms with E-state index in [4.69, 9.17) is 0 Å². The van der Waals surface area contributed by atoms with Crippen molar-refractivity contribution in [1.82, 2.24) is 5.23 Å². The summed E-state index contributed by atoms with van der Waals surface area (Å²) in [5.74, 6) is 0. The Hall–Kier alpha value is -0.120. The molecule has 0 amide bonds. The molecule has 0 bridgehead atoms. The quantitative estimate of drug-likeness (QED) is 0.521. The molecule has 1 atom stereocenters. The summed E-state index contributed by atoms with van der Waals surface area (Å²) in [6.07, 6.45) is 0.817. The smallest absolute Gasteiger partial charge is 0.0563 e. The Morgan fingerprint density at radius 2 is 2.25 bits per heavy atom. The van der Waals surface area contributed by atoms with E-state index in [0.29, 0.717) is 5.23 Å². The van der Waals surface area contributed by atoms with Crippen LogP contribution in [0.25, 0.3) is 0 Å². The van der Waals surface area contributed by atoms with Crippen molar-refractivity contribution >= 4 is 0 Å². The van der Waals surface area contributed by atoms with Crippen LogP contribution in [-0.2, 0) is 4.84 Å². The van der Waals surface area contributed by atoms with Gasteiger partial charge < -0.3 is 10.0 Å². The van der Waals surface area contributed by atoms with Crippen LogP contribution in [0.3, 0.4) is 0 Å². The third-order valence-electron chi connectivity index (χ3n) is 1.13. The van der Waals surface area contributed by atoms with Gasteiger partial charge in [-0.2, -0.15) is 0 Å². The molecule has 0 saturated heterocycles. The Labute approximate surface area is 49.8 Å². The standard InChI is InChI=1S/C5H12NO2/c1-4-5(2)6(7)8-3/h5H,4H2,1-3H3/q-1. The zero-order chi connectivity index (χ0) is 6.57. The van der Waals surface area contributed by atoms with Crippen LogP contribution < -0.4 is 0 Å². The maximum atomic E-state index is 10.4. The summed E-state index contributed by atoms with van der Waals surface area (Å²) in [7, 11) is 1.37. The SMILES string of the molecule is CCC(C)N([O-])OC. The van der Waals surface area contributed by atoms with Crippen LogP contribution >= 0.6 is 0 Å². The Morgan fingerprint density at radius 3 is 2.38 bits per heavy atom. The third-order valence-corrected chi connectivity index (χ3v) is 1.13. The van der Waals surface area contributed by atoms with Gasteiger partial charge in [-0.1, -0.05) is 6.92 Å². The third kappa shape index (κ3) is 2.26. The molecule has 0 aromatic carbocycles. The van der Waals surface area contributed by atoms with Gasteiger partial charge in [-0.25, -0.2) is 0 Å². The minimum atomic E-state index is -0.0278. The molecule has 3 heteroatoms. The van der Waals surface area contributed by atoms with Crippen molar-refractivity contribution in [3.05, 3.63) is 5.21 Å². The lowest BCUT2D eigenvalue weighted by atomic mass is 10.3. The Balaban J connectivity index is 3.29. The van der Waals surface area contributed by atoms with E-state index in [1.807, 2.05) is 13.8 Å². The lowest BCUT2D eigenvalue weighted by Gasteiger charge is -2.30. The van der Waals surface area contributed by atoms with Crippen LogP contribution in [0.15, 0.2) is 0 Å². The molecular weight excluding hydrogens is 106 g/mol. The van der Waals surface area contributed by atoms with Crippen LogP contribution in [0.5, 0.6) is 0 Å². The van der Waals surface area contributed by atoms with Crippen molar-refractivity contribution in [2.45, 2.75) is 26.3 Å². The highest BCUT2D eigenvalue weighted by atomic mass is 16.9. The molecule has 0 aromatic rings. The molecule has 0 aliphatic carbocycles. The minimum Gasteiger partial charge on any atom is -0.762 e. The van der Waals surface area contributed by atoms with Crippen LogP contribution in [0.4, 0.5) is 0 Å². The molecule has 0 rings (SSSR count). The molecule has 0 heterocycles. The first-order valence-corrected chi connectivity index (χ1v) is 2.72. The number of rotatable bonds is 3. The van der Waals surface area contributed by atoms with E-state index in [0.717, 1.165) is 6.42 Å². The highest BCUT2D eigenvalue weighted by Gasteiger charge is 1.96. The summed E-state index contributed by atoms with van der Waals surface area (Å²) in [6, 6.07) is -0.0278. The van der Waals surface area contributed by atoms with Gasteiger partial charge in [0.05, 0.1) is 7.11 Å². The normalized spacial score (nSPS) is 14.6. The Kier molecular flexibility index (Phi) is 3.77. The second-order valence-electron chi connectivity index (χ2n) is 1.73. The maximum Gasteiger partial charge on any atom is 0.0563 e. The summed E-state index contributed by atoms with van der Waals surface area (Å²) in [5.41, 5.74) is 0. The molecule has 0 saturated carbocycles. The van der Waals surface area contributed by atoms with Crippen molar-refractivity contribution in [3.63, 3.8) is 0 Å². The van der Waals surface area contributed by atoms with Gasteiger partial charge in [0, 0.05) is 6.04 Å². The van der Waals surface area contributed by atoms with Gasteiger partial charge in [0.25, 0.3) is 0 Å². The molecule has 50 valence electrons. The zero-order valence-corrected chi connectivity index (χ0v) is 5.55. The molecule has 0 fully saturated rings. The second-order valence-corrected chi connectivity index (χ2v) is 1.73. The van der Waals surface area contributed by atoms with Crippen molar-refractivity contribution in [2.75, 3.05) is 7.11 Å². The van der Waals surface area contributed by atoms with Gasteiger partial charge in [-0.15, -0.1) is 0 Å². The number of hydroxylamine groups is 2. The molecule has 3 nitrogen and oxygen atoms in total. The second kappa shape index (κ2) is 3.83. The first-order valence-electron chi connectivity index (χ1n) is 2.72. The Bertz CT molecular complexity index is 50.4. The highest BCUT2D eigenvalue weighted by molar-refractivity contribution is 4.54. The molecule has 0 spiro atoms. The number of hydrogen-bond donors (Lipinski definition) is 0. The summed E-state index contributed by atoms with van der Waals surface area (Å²) >= 11 is 0. The fourth-order valence-corrected chi connectivity index (χ4v) is 0.329. The number of nitrogens with zero attached hydrogens (tertiary/aromatic N) is 1. The summed E-state index contributed by atoms with van der Waals surface area (Å²) in [4.78, 5) is 4.38. The maximum absolute atomic E-state index is 10.4. The molecule has 8 heavy (non-hydrogen) atoms. The molecule has 1 unspecified atom stereocenters. The molecule has 0 aliphatic heterocycles. The number of hydrogen-bond acceptors (Lipinski definition) is 3. The lowest BCUT2D eigenvalue weighted by Crippen LogP contribution is -2.25. The first kappa shape index (κ1) is 7.88. The molecular formula is C5H12NO2-. The zero-order valence-electron chi connectivity index (χ0n) is 5.55. The lowest BCUT2D eigenvalue weighted by molar-refractivity contribution is -0.115. The van der Waals surface area contributed by atoms with Crippen LogP contribution in [0.2, 0.25) is 0 Å². The van der Waals surface area contributed by atoms with Crippen molar-refractivity contribution in [1.29, 1.82) is 0 Å². The first-order chi connectivity index (χ1) is 3.72. The van der Waals surface area contributed by atoms with Crippen LogP contribution in [0.1, 0.15) is 20.3 Å². The van der Waals surface area contributed by atoms with Gasteiger partial charge in [0.1, 0.15) is 0 Å². The van der Waals surface area contributed by atoms with Gasteiger partial charge in [-0.3, -0.25) is 5.23 Å². The average molecular weight is 118 g/mol. The van der Waals surface area contributed by atoms with E-state index >= 15 is 0 Å². The van der Waals surface area contributed by atoms with E-state index in [9.17, 15) is 5.21 Å². The predicted octanol–water partition coefficient (Wildman–Crippen LogP) is 1.15. The van der Waals surface area contributed by atoms with Crippen LogP contribution in [0, 0.1) is 5.21 Å². The summed E-state index contributed by atoms with van der Waals surface area (Å²) < 4.78 is 0. The molecule has 0 N–H and O–H groups in total. The van der Waals surface area contributed by atoms with E-state index in [2.05, 4.69) is 4.84 Å². The van der Waals surface area contributed by atoms with Gasteiger partial charge in [0.2, 0.25) is 0 Å². The average Bonchev–Trinajstić information content (AvgIpc) is 1.84. The van der Waals surface area contributed by atoms with Crippen molar-refractivity contribution in [2.24, 2.45) is 0 Å². The van der Waals surface area contributed by atoms with Gasteiger partial charge in [0.15, 0.2) is 0 Å². The largest absolute Gasteiger partial charge is 0.762 e. The fourth-order valence-electron chi connectivity index (χ4n) is 0.329. The van der Waals surface area contributed by atoms with E-state index in [-0.39, 0.29) is 6.04 Å².